The van der Waals surface area contributed by atoms with Gasteiger partial charge in [0, 0.05) is 12.5 Å². The van der Waals surface area contributed by atoms with Crippen LogP contribution in [-0.2, 0) is 9.59 Å². The molecular weight excluding hydrogens is 361 g/mol. The lowest BCUT2D eigenvalue weighted by Crippen LogP contribution is -2.50. The quantitative estimate of drug-likeness (QED) is 0.717. The summed E-state index contributed by atoms with van der Waals surface area (Å²) in [6, 6.07) is 13.7. The van der Waals surface area contributed by atoms with E-state index in [1.54, 1.807) is 0 Å². The van der Waals surface area contributed by atoms with Crippen LogP contribution in [0.5, 0.6) is 5.75 Å². The molecule has 1 heterocycles. The molecule has 0 bridgehead atoms. The molecule has 6 nitrogen and oxygen atoms in total. The van der Waals surface area contributed by atoms with Gasteiger partial charge in [-0.15, -0.1) is 0 Å². The number of nitrogens with zero attached hydrogens (tertiary/aromatic N) is 1. The van der Waals surface area contributed by atoms with Crippen LogP contribution < -0.4 is 15.4 Å². The Labute approximate surface area is 163 Å². The maximum atomic E-state index is 12.8. The number of aryl methyl sites for hydroxylation is 1. The van der Waals surface area contributed by atoms with E-state index in [0.29, 0.717) is 25.4 Å². The average Bonchev–Trinajstić information content (AvgIpc) is 2.69. The predicted molar refractivity (Wildman–Crippen MR) is 103 cm³/mol. The molecule has 1 fully saturated rings. The fraction of sp³-hybridized carbons (Fsp3) is 0.333. The van der Waals surface area contributed by atoms with Crippen LogP contribution >= 0.6 is 0 Å². The van der Waals surface area contributed by atoms with Crippen LogP contribution in [-0.4, -0.2) is 43.1 Å². The summed E-state index contributed by atoms with van der Waals surface area (Å²) in [5.41, 5.74) is 2.24. The summed E-state index contributed by atoms with van der Waals surface area (Å²) in [6.45, 7) is 2.92. The summed E-state index contributed by atoms with van der Waals surface area (Å²) >= 11 is 0. The van der Waals surface area contributed by atoms with Crippen molar-refractivity contribution in [2.24, 2.45) is 0 Å². The van der Waals surface area contributed by atoms with E-state index in [-0.39, 0.29) is 36.8 Å². The zero-order valence-electron chi connectivity index (χ0n) is 15.8. The third-order valence-electron chi connectivity index (χ3n) is 4.58. The van der Waals surface area contributed by atoms with Gasteiger partial charge in [-0.25, -0.2) is 4.39 Å². The molecule has 2 N–H and O–H groups in total. The van der Waals surface area contributed by atoms with Crippen LogP contribution in [0.25, 0.3) is 0 Å². The maximum Gasteiger partial charge on any atom is 0.239 e. The Kier molecular flexibility index (Phi) is 6.60. The van der Waals surface area contributed by atoms with Crippen molar-refractivity contribution >= 4 is 11.8 Å². The summed E-state index contributed by atoms with van der Waals surface area (Å²) in [6.07, 6.45) is 0.323. The summed E-state index contributed by atoms with van der Waals surface area (Å²) in [4.78, 5) is 25.9. The van der Waals surface area contributed by atoms with E-state index in [4.69, 9.17) is 4.74 Å². The van der Waals surface area contributed by atoms with Crippen molar-refractivity contribution in [2.45, 2.75) is 19.4 Å². The maximum absolute atomic E-state index is 12.8. The number of halogens is 1. The first-order valence-corrected chi connectivity index (χ1v) is 9.24. The molecule has 0 aliphatic carbocycles. The number of carbonyl (C=O) groups is 2. The minimum absolute atomic E-state index is 0.00298. The zero-order valence-corrected chi connectivity index (χ0v) is 15.8. The van der Waals surface area contributed by atoms with E-state index in [9.17, 15) is 14.0 Å². The second kappa shape index (κ2) is 9.32. The lowest BCUT2D eigenvalue weighted by molar-refractivity contribution is -0.139. The largest absolute Gasteiger partial charge is 0.492 e. The van der Waals surface area contributed by atoms with E-state index < -0.39 is 0 Å². The highest BCUT2D eigenvalue weighted by atomic mass is 19.1. The fourth-order valence-corrected chi connectivity index (χ4v) is 2.98. The van der Waals surface area contributed by atoms with E-state index >= 15 is 0 Å². The monoisotopic (exact) mass is 385 g/mol. The predicted octanol–water partition coefficient (Wildman–Crippen LogP) is 2.15. The van der Waals surface area contributed by atoms with Crippen LogP contribution in [0, 0.1) is 12.7 Å². The number of hydrogen-bond donors (Lipinski definition) is 2. The van der Waals surface area contributed by atoms with E-state index in [1.165, 1.54) is 34.7 Å². The van der Waals surface area contributed by atoms with Crippen LogP contribution in [0.1, 0.15) is 23.6 Å². The number of carbonyl (C=O) groups excluding carboxylic acids is 2. The molecule has 1 aliphatic rings. The molecule has 0 aromatic heterocycles. The summed E-state index contributed by atoms with van der Waals surface area (Å²) in [5.74, 6) is -0.0908. The third kappa shape index (κ3) is 5.53. The SMILES string of the molecule is Cc1ccc(C2CC(=O)N(CC(=O)NCCOc3ccc(F)cc3)CN2)cc1. The number of amides is 2. The summed E-state index contributed by atoms with van der Waals surface area (Å²) < 4.78 is 18.2. The van der Waals surface area contributed by atoms with Crippen molar-refractivity contribution in [1.29, 1.82) is 0 Å². The normalized spacial score (nSPS) is 16.7. The van der Waals surface area contributed by atoms with Crippen LogP contribution in [0.3, 0.4) is 0 Å². The lowest BCUT2D eigenvalue weighted by atomic mass is 10.0. The third-order valence-corrected chi connectivity index (χ3v) is 4.58. The Morgan fingerprint density at radius 3 is 2.61 bits per heavy atom. The first-order valence-electron chi connectivity index (χ1n) is 9.24. The molecular formula is C21H24FN3O3. The van der Waals surface area contributed by atoms with Crippen molar-refractivity contribution in [3.63, 3.8) is 0 Å². The molecule has 0 saturated carbocycles. The molecule has 2 aromatic rings. The van der Waals surface area contributed by atoms with Gasteiger partial charge in [-0.3, -0.25) is 14.9 Å². The van der Waals surface area contributed by atoms with Gasteiger partial charge >= 0.3 is 0 Å². The van der Waals surface area contributed by atoms with Crippen molar-refractivity contribution in [1.82, 2.24) is 15.5 Å². The number of benzene rings is 2. The van der Waals surface area contributed by atoms with Crippen molar-refractivity contribution in [3.8, 4) is 5.75 Å². The van der Waals surface area contributed by atoms with E-state index in [1.807, 2.05) is 31.2 Å². The topological polar surface area (TPSA) is 70.7 Å². The fourth-order valence-electron chi connectivity index (χ4n) is 2.98. The van der Waals surface area contributed by atoms with Gasteiger partial charge in [0.15, 0.2) is 0 Å². The number of rotatable bonds is 7. The average molecular weight is 385 g/mol. The number of hydrogen-bond acceptors (Lipinski definition) is 4. The molecule has 1 atom stereocenters. The minimum Gasteiger partial charge on any atom is -0.492 e. The highest BCUT2D eigenvalue weighted by Gasteiger charge is 2.27. The zero-order chi connectivity index (χ0) is 19.9. The minimum atomic E-state index is -0.329. The van der Waals surface area contributed by atoms with Gasteiger partial charge in [0.2, 0.25) is 11.8 Å². The Bertz CT molecular complexity index is 809. The molecule has 148 valence electrons. The molecule has 0 radical (unpaired) electrons. The summed E-state index contributed by atoms with van der Waals surface area (Å²) in [7, 11) is 0. The van der Waals surface area contributed by atoms with Crippen molar-refractivity contribution < 1.29 is 18.7 Å². The van der Waals surface area contributed by atoms with Gasteiger partial charge < -0.3 is 15.0 Å². The van der Waals surface area contributed by atoms with Crippen molar-refractivity contribution in [3.05, 3.63) is 65.5 Å². The Morgan fingerprint density at radius 1 is 1.21 bits per heavy atom. The smallest absolute Gasteiger partial charge is 0.239 e. The van der Waals surface area contributed by atoms with Crippen molar-refractivity contribution in [2.75, 3.05) is 26.4 Å². The molecule has 2 aromatic carbocycles. The molecule has 1 unspecified atom stereocenters. The van der Waals surface area contributed by atoms with Gasteiger partial charge in [0.05, 0.1) is 13.2 Å². The Morgan fingerprint density at radius 2 is 1.93 bits per heavy atom. The van der Waals surface area contributed by atoms with Gasteiger partial charge in [0.25, 0.3) is 0 Å². The first-order chi connectivity index (χ1) is 13.5. The van der Waals surface area contributed by atoms with Gasteiger partial charge in [-0.05, 0) is 36.8 Å². The molecule has 3 rings (SSSR count). The van der Waals surface area contributed by atoms with Crippen LogP contribution in [0.2, 0.25) is 0 Å². The molecule has 2 amide bonds. The molecule has 1 saturated heterocycles. The Balaban J connectivity index is 1.38. The van der Waals surface area contributed by atoms with E-state index in [2.05, 4.69) is 10.6 Å². The first kappa shape index (κ1) is 19.8. The van der Waals surface area contributed by atoms with Gasteiger partial charge in [-0.1, -0.05) is 29.8 Å². The standard InChI is InChI=1S/C21H24FN3O3/c1-15-2-4-16(5-3-15)19-12-21(27)25(14-24-19)13-20(26)23-10-11-28-18-8-6-17(22)7-9-18/h2-9,19,24H,10-14H2,1H3,(H,23,26). The lowest BCUT2D eigenvalue weighted by Gasteiger charge is -2.32. The molecule has 28 heavy (non-hydrogen) atoms. The van der Waals surface area contributed by atoms with Crippen LogP contribution in [0.4, 0.5) is 4.39 Å². The Hall–Kier alpha value is -2.93. The number of nitrogens with one attached hydrogen (secondary N) is 2. The molecule has 7 heteroatoms. The van der Waals surface area contributed by atoms with Gasteiger partial charge in [0.1, 0.15) is 24.7 Å². The highest BCUT2D eigenvalue weighted by Crippen LogP contribution is 2.21. The van der Waals surface area contributed by atoms with Crippen LogP contribution in [0.15, 0.2) is 48.5 Å². The molecule has 1 aliphatic heterocycles. The second-order valence-corrected chi connectivity index (χ2v) is 6.77. The molecule has 0 spiro atoms. The highest BCUT2D eigenvalue weighted by molar-refractivity contribution is 5.85. The van der Waals surface area contributed by atoms with Gasteiger partial charge in [-0.2, -0.15) is 0 Å². The second-order valence-electron chi connectivity index (χ2n) is 6.77. The van der Waals surface area contributed by atoms with E-state index in [0.717, 1.165) is 5.56 Å². The summed E-state index contributed by atoms with van der Waals surface area (Å²) in [5, 5.41) is 6.03. The number of ether oxygens (including phenoxy) is 1.